The first kappa shape index (κ1) is 15.4. The molecule has 3 aromatic rings. The van der Waals surface area contributed by atoms with E-state index in [1.807, 2.05) is 5.32 Å². The van der Waals surface area contributed by atoms with Crippen LogP contribution in [-0.4, -0.2) is 43.2 Å². The van der Waals surface area contributed by atoms with Gasteiger partial charge in [-0.05, 0) is 6.07 Å². The van der Waals surface area contributed by atoms with Crippen LogP contribution in [0.4, 0.5) is 18.3 Å². The molecule has 0 aliphatic heterocycles. The number of fused-ring (bicyclic) bond motifs is 1. The Morgan fingerprint density at radius 3 is 2.91 bits per heavy atom. The summed E-state index contributed by atoms with van der Waals surface area (Å²) in [5.74, 6) is -1.59. The van der Waals surface area contributed by atoms with Gasteiger partial charge in [0, 0.05) is 17.0 Å². The van der Waals surface area contributed by atoms with Crippen LogP contribution in [0, 0.1) is 0 Å². The Labute approximate surface area is 130 Å². The average molecular weight is 343 g/mol. The first-order chi connectivity index (χ1) is 10.9. The van der Waals surface area contributed by atoms with E-state index in [0.29, 0.717) is 22.4 Å². The number of nitrogens with one attached hydrogen (secondary N) is 2. The van der Waals surface area contributed by atoms with Crippen LogP contribution >= 0.6 is 11.3 Å². The van der Waals surface area contributed by atoms with E-state index in [4.69, 9.17) is 5.11 Å². The SMILES string of the molecule is O=C(Nc1nc(-c2ncnc3[nH]ccc23)cs1)C(O)C(F)(F)F. The standard InChI is InChI=1S/C12H8F3N5O2S/c13-12(14,15)8(21)10(22)20-11-19-6(3-23-11)7-5-1-2-16-9(5)18-4-17-7/h1-4,8,21H,(H,16,17,18)(H,19,20,22). The van der Waals surface area contributed by atoms with Gasteiger partial charge in [0.2, 0.25) is 6.10 Å². The number of aromatic nitrogens is 4. The van der Waals surface area contributed by atoms with E-state index < -0.39 is 18.2 Å². The van der Waals surface area contributed by atoms with Gasteiger partial charge >= 0.3 is 6.18 Å². The highest BCUT2D eigenvalue weighted by Gasteiger charge is 2.43. The van der Waals surface area contributed by atoms with E-state index in [-0.39, 0.29) is 5.13 Å². The van der Waals surface area contributed by atoms with Crippen molar-refractivity contribution in [1.82, 2.24) is 19.9 Å². The third kappa shape index (κ3) is 3.00. The number of nitrogens with zero attached hydrogens (tertiary/aromatic N) is 3. The van der Waals surface area contributed by atoms with Gasteiger partial charge in [-0.25, -0.2) is 15.0 Å². The number of aliphatic hydroxyl groups is 1. The molecule has 120 valence electrons. The van der Waals surface area contributed by atoms with Crippen molar-refractivity contribution in [3.8, 4) is 11.4 Å². The number of amides is 1. The summed E-state index contributed by atoms with van der Waals surface area (Å²) < 4.78 is 36.8. The van der Waals surface area contributed by atoms with Gasteiger partial charge in [-0.2, -0.15) is 13.2 Å². The minimum Gasteiger partial charge on any atom is -0.376 e. The van der Waals surface area contributed by atoms with Gasteiger partial charge < -0.3 is 10.1 Å². The predicted octanol–water partition coefficient (Wildman–Crippen LogP) is 1.94. The Balaban J connectivity index is 1.84. The Hall–Kier alpha value is -2.53. The molecule has 0 spiro atoms. The smallest absolute Gasteiger partial charge is 0.376 e. The van der Waals surface area contributed by atoms with Gasteiger partial charge in [0.15, 0.2) is 5.13 Å². The maximum absolute atomic E-state index is 12.3. The Bertz CT molecular complexity index is 860. The zero-order chi connectivity index (χ0) is 16.6. The molecule has 0 aliphatic rings. The number of rotatable bonds is 3. The van der Waals surface area contributed by atoms with E-state index >= 15 is 0 Å². The molecule has 1 atom stereocenters. The van der Waals surface area contributed by atoms with Crippen LogP contribution in [-0.2, 0) is 4.79 Å². The zero-order valence-corrected chi connectivity index (χ0v) is 11.9. The van der Waals surface area contributed by atoms with Crippen molar-refractivity contribution in [1.29, 1.82) is 0 Å². The number of carbonyl (C=O) groups is 1. The highest BCUT2D eigenvalue weighted by atomic mass is 32.1. The molecule has 0 fully saturated rings. The quantitative estimate of drug-likeness (QED) is 0.674. The summed E-state index contributed by atoms with van der Waals surface area (Å²) in [6.45, 7) is 0. The number of anilines is 1. The molecule has 11 heteroatoms. The molecule has 3 rings (SSSR count). The van der Waals surface area contributed by atoms with Crippen LogP contribution in [0.3, 0.4) is 0 Å². The van der Waals surface area contributed by atoms with Crippen molar-refractivity contribution in [3.63, 3.8) is 0 Å². The molecule has 0 saturated carbocycles. The van der Waals surface area contributed by atoms with Crippen LogP contribution in [0.5, 0.6) is 0 Å². The predicted molar refractivity (Wildman–Crippen MR) is 75.7 cm³/mol. The normalized spacial score (nSPS) is 13.2. The summed E-state index contributed by atoms with van der Waals surface area (Å²) in [5.41, 5.74) is 1.43. The zero-order valence-electron chi connectivity index (χ0n) is 11.1. The molecule has 1 amide bonds. The van der Waals surface area contributed by atoms with E-state index in [2.05, 4.69) is 19.9 Å². The first-order valence-corrected chi connectivity index (χ1v) is 7.04. The lowest BCUT2D eigenvalue weighted by molar-refractivity contribution is -0.202. The molecule has 3 N–H and O–H groups in total. The Kier molecular flexibility index (Phi) is 3.74. The van der Waals surface area contributed by atoms with Gasteiger partial charge in [0.1, 0.15) is 23.4 Å². The molecule has 3 heterocycles. The summed E-state index contributed by atoms with van der Waals surface area (Å²) >= 11 is 0.920. The van der Waals surface area contributed by atoms with Crippen LogP contribution in [0.1, 0.15) is 0 Å². The number of H-pyrrole nitrogens is 1. The lowest BCUT2D eigenvalue weighted by Crippen LogP contribution is -2.40. The minimum atomic E-state index is -5.03. The first-order valence-electron chi connectivity index (χ1n) is 6.16. The summed E-state index contributed by atoms with van der Waals surface area (Å²) in [5, 5.41) is 12.9. The van der Waals surface area contributed by atoms with Crippen molar-refractivity contribution in [2.75, 3.05) is 5.32 Å². The highest BCUT2D eigenvalue weighted by Crippen LogP contribution is 2.28. The van der Waals surface area contributed by atoms with E-state index in [0.717, 1.165) is 11.3 Å². The summed E-state index contributed by atoms with van der Waals surface area (Å²) in [6.07, 6.45) is -5.16. The molecular weight excluding hydrogens is 335 g/mol. The largest absolute Gasteiger partial charge is 0.423 e. The van der Waals surface area contributed by atoms with Crippen LogP contribution in [0.2, 0.25) is 0 Å². The molecule has 3 aromatic heterocycles. The number of alkyl halides is 3. The van der Waals surface area contributed by atoms with Crippen molar-refractivity contribution < 1.29 is 23.1 Å². The monoisotopic (exact) mass is 343 g/mol. The maximum atomic E-state index is 12.3. The van der Waals surface area contributed by atoms with Crippen molar-refractivity contribution >= 4 is 33.4 Å². The maximum Gasteiger partial charge on any atom is 0.423 e. The number of aromatic amines is 1. The molecule has 0 bridgehead atoms. The highest BCUT2D eigenvalue weighted by molar-refractivity contribution is 7.14. The van der Waals surface area contributed by atoms with Gasteiger partial charge in [0.05, 0.1) is 0 Å². The fourth-order valence-corrected chi connectivity index (χ4v) is 2.54. The van der Waals surface area contributed by atoms with Crippen LogP contribution in [0.25, 0.3) is 22.4 Å². The van der Waals surface area contributed by atoms with Crippen molar-refractivity contribution in [2.45, 2.75) is 12.3 Å². The summed E-state index contributed by atoms with van der Waals surface area (Å²) in [7, 11) is 0. The Morgan fingerprint density at radius 1 is 1.39 bits per heavy atom. The lowest BCUT2D eigenvalue weighted by Gasteiger charge is -2.12. The molecule has 0 radical (unpaired) electrons. The fraction of sp³-hybridized carbons (Fsp3) is 0.167. The molecular formula is C12H8F3N5O2S. The summed E-state index contributed by atoms with van der Waals surface area (Å²) in [4.78, 5) is 26.3. The number of carbonyl (C=O) groups excluding carboxylic acids is 1. The van der Waals surface area contributed by atoms with Gasteiger partial charge in [-0.1, -0.05) is 0 Å². The van der Waals surface area contributed by atoms with Gasteiger partial charge in [-0.3, -0.25) is 10.1 Å². The molecule has 7 nitrogen and oxygen atoms in total. The van der Waals surface area contributed by atoms with E-state index in [1.54, 1.807) is 12.3 Å². The second kappa shape index (κ2) is 5.59. The second-order valence-electron chi connectivity index (χ2n) is 4.43. The van der Waals surface area contributed by atoms with Crippen molar-refractivity contribution in [3.05, 3.63) is 24.0 Å². The molecule has 0 saturated heterocycles. The van der Waals surface area contributed by atoms with E-state index in [9.17, 15) is 18.0 Å². The number of hydrogen-bond donors (Lipinski definition) is 3. The lowest BCUT2D eigenvalue weighted by atomic mass is 10.2. The number of halogens is 3. The van der Waals surface area contributed by atoms with E-state index in [1.165, 1.54) is 11.7 Å². The fourth-order valence-electron chi connectivity index (χ4n) is 1.84. The molecule has 0 aromatic carbocycles. The van der Waals surface area contributed by atoms with Crippen LogP contribution < -0.4 is 5.32 Å². The number of aliphatic hydroxyl groups excluding tert-OH is 1. The average Bonchev–Trinajstić information content (AvgIpc) is 3.13. The number of hydrogen-bond acceptors (Lipinski definition) is 6. The third-order valence-electron chi connectivity index (χ3n) is 2.89. The third-order valence-corrected chi connectivity index (χ3v) is 3.65. The Morgan fingerprint density at radius 2 is 2.17 bits per heavy atom. The van der Waals surface area contributed by atoms with Gasteiger partial charge in [-0.15, -0.1) is 11.3 Å². The topological polar surface area (TPSA) is 104 Å². The van der Waals surface area contributed by atoms with Crippen molar-refractivity contribution in [2.24, 2.45) is 0 Å². The molecule has 0 aliphatic carbocycles. The molecule has 23 heavy (non-hydrogen) atoms. The second-order valence-corrected chi connectivity index (χ2v) is 5.29. The number of thiazole rings is 1. The van der Waals surface area contributed by atoms with Crippen LogP contribution in [0.15, 0.2) is 24.0 Å². The molecule has 1 unspecified atom stereocenters. The minimum absolute atomic E-state index is 0.0735. The summed E-state index contributed by atoms with van der Waals surface area (Å²) in [6, 6.07) is 1.73. The van der Waals surface area contributed by atoms with Gasteiger partial charge in [0.25, 0.3) is 5.91 Å².